The molecule has 3 nitrogen and oxygen atoms in total. The van der Waals surface area contributed by atoms with Crippen LogP contribution in [0.5, 0.6) is 0 Å². The smallest absolute Gasteiger partial charge is 0.155 e. The van der Waals surface area contributed by atoms with Gasteiger partial charge in [0.05, 0.1) is 13.2 Å². The van der Waals surface area contributed by atoms with Crippen LogP contribution in [0.15, 0.2) is 0 Å². The molecule has 1 aliphatic heterocycles. The standard InChI is InChI=1S/C7H14O3/c1-7(4-9-2)3-6(8)10-5-7/h6,8H,3-5H2,1-2H3. The maximum Gasteiger partial charge on any atom is 0.155 e. The van der Waals surface area contributed by atoms with E-state index in [9.17, 15) is 0 Å². The zero-order valence-electron chi connectivity index (χ0n) is 6.46. The fourth-order valence-corrected chi connectivity index (χ4v) is 1.29. The first-order chi connectivity index (χ1) is 4.66. The molecule has 0 spiro atoms. The Balaban J connectivity index is 2.38. The number of ether oxygens (including phenoxy) is 2. The summed E-state index contributed by atoms with van der Waals surface area (Å²) < 4.78 is 9.98. The fraction of sp³-hybridized carbons (Fsp3) is 1.00. The van der Waals surface area contributed by atoms with Gasteiger partial charge in [-0.1, -0.05) is 6.92 Å². The van der Waals surface area contributed by atoms with Crippen LogP contribution in [0.2, 0.25) is 0 Å². The van der Waals surface area contributed by atoms with E-state index in [4.69, 9.17) is 14.6 Å². The Hall–Kier alpha value is -0.120. The van der Waals surface area contributed by atoms with Gasteiger partial charge in [0, 0.05) is 18.9 Å². The molecule has 0 aromatic carbocycles. The summed E-state index contributed by atoms with van der Waals surface area (Å²) in [5, 5.41) is 9.01. The highest BCUT2D eigenvalue weighted by atomic mass is 16.6. The minimum Gasteiger partial charge on any atom is -0.384 e. The van der Waals surface area contributed by atoms with Crippen molar-refractivity contribution in [1.29, 1.82) is 0 Å². The van der Waals surface area contributed by atoms with Crippen LogP contribution in [0.25, 0.3) is 0 Å². The Labute approximate surface area is 60.9 Å². The lowest BCUT2D eigenvalue weighted by molar-refractivity contribution is -0.0599. The largest absolute Gasteiger partial charge is 0.384 e. The molecule has 0 saturated carbocycles. The van der Waals surface area contributed by atoms with Crippen LogP contribution < -0.4 is 0 Å². The van der Waals surface area contributed by atoms with Crippen molar-refractivity contribution in [3.63, 3.8) is 0 Å². The van der Waals surface area contributed by atoms with E-state index in [2.05, 4.69) is 0 Å². The fourth-order valence-electron chi connectivity index (χ4n) is 1.29. The molecule has 1 fully saturated rings. The minimum atomic E-state index is -0.583. The van der Waals surface area contributed by atoms with Gasteiger partial charge in [-0.05, 0) is 0 Å². The van der Waals surface area contributed by atoms with Gasteiger partial charge < -0.3 is 14.6 Å². The highest BCUT2D eigenvalue weighted by Crippen LogP contribution is 2.30. The summed E-state index contributed by atoms with van der Waals surface area (Å²) in [5.41, 5.74) is 0.0220. The van der Waals surface area contributed by atoms with Gasteiger partial charge in [0.2, 0.25) is 0 Å². The quantitative estimate of drug-likeness (QED) is 0.612. The Morgan fingerprint density at radius 1 is 1.80 bits per heavy atom. The van der Waals surface area contributed by atoms with Gasteiger partial charge in [0.1, 0.15) is 0 Å². The highest BCUT2D eigenvalue weighted by Gasteiger charge is 2.35. The topological polar surface area (TPSA) is 38.7 Å². The molecule has 1 N–H and O–H groups in total. The Bertz CT molecular complexity index is 111. The molecule has 3 heteroatoms. The lowest BCUT2D eigenvalue weighted by Gasteiger charge is -2.19. The molecule has 0 amide bonds. The highest BCUT2D eigenvalue weighted by molar-refractivity contribution is 4.79. The summed E-state index contributed by atoms with van der Waals surface area (Å²) in [6.07, 6.45) is 0.0982. The van der Waals surface area contributed by atoms with Gasteiger partial charge in [-0.3, -0.25) is 0 Å². The van der Waals surface area contributed by atoms with Crippen LogP contribution in [0.1, 0.15) is 13.3 Å². The molecular formula is C7H14O3. The van der Waals surface area contributed by atoms with Crippen molar-refractivity contribution in [2.75, 3.05) is 20.3 Å². The van der Waals surface area contributed by atoms with Crippen molar-refractivity contribution in [2.45, 2.75) is 19.6 Å². The molecule has 60 valence electrons. The van der Waals surface area contributed by atoms with E-state index in [0.29, 0.717) is 19.6 Å². The SMILES string of the molecule is COCC1(C)COC(O)C1. The van der Waals surface area contributed by atoms with E-state index < -0.39 is 6.29 Å². The zero-order valence-corrected chi connectivity index (χ0v) is 6.46. The van der Waals surface area contributed by atoms with Crippen molar-refractivity contribution in [3.8, 4) is 0 Å². The zero-order chi connectivity index (χ0) is 7.61. The molecule has 0 aliphatic carbocycles. The lowest BCUT2D eigenvalue weighted by atomic mass is 9.91. The second-order valence-corrected chi connectivity index (χ2v) is 3.21. The molecule has 0 radical (unpaired) electrons. The van der Waals surface area contributed by atoms with Crippen LogP contribution in [0, 0.1) is 5.41 Å². The number of aliphatic hydroxyl groups is 1. The molecule has 1 rings (SSSR count). The van der Waals surface area contributed by atoms with E-state index in [0.717, 1.165) is 0 Å². The minimum absolute atomic E-state index is 0.0220. The molecule has 0 bridgehead atoms. The predicted octanol–water partition coefficient (Wildman–Crippen LogP) is 0.378. The normalized spacial score (nSPS) is 40.5. The molecule has 0 aromatic rings. The van der Waals surface area contributed by atoms with Gasteiger partial charge in [-0.15, -0.1) is 0 Å². The van der Waals surface area contributed by atoms with Gasteiger partial charge in [-0.25, -0.2) is 0 Å². The number of aliphatic hydroxyl groups excluding tert-OH is 1. The summed E-state index contributed by atoms with van der Waals surface area (Å²) in [5.74, 6) is 0. The molecule has 2 atom stereocenters. The van der Waals surface area contributed by atoms with Gasteiger partial charge in [0.15, 0.2) is 6.29 Å². The number of rotatable bonds is 2. The summed E-state index contributed by atoms with van der Waals surface area (Å²) in [6.45, 7) is 3.30. The summed E-state index contributed by atoms with van der Waals surface area (Å²) >= 11 is 0. The van der Waals surface area contributed by atoms with Crippen LogP contribution in [-0.2, 0) is 9.47 Å². The first kappa shape index (κ1) is 7.98. The van der Waals surface area contributed by atoms with Crippen molar-refractivity contribution in [2.24, 2.45) is 5.41 Å². The monoisotopic (exact) mass is 146 g/mol. The lowest BCUT2D eigenvalue weighted by Crippen LogP contribution is -2.22. The second kappa shape index (κ2) is 2.86. The molecule has 1 aliphatic rings. The van der Waals surface area contributed by atoms with E-state index in [1.54, 1.807) is 7.11 Å². The molecular weight excluding hydrogens is 132 g/mol. The third kappa shape index (κ3) is 1.68. The van der Waals surface area contributed by atoms with E-state index >= 15 is 0 Å². The average Bonchev–Trinajstić information content (AvgIpc) is 2.12. The number of hydrogen-bond acceptors (Lipinski definition) is 3. The van der Waals surface area contributed by atoms with Crippen molar-refractivity contribution in [3.05, 3.63) is 0 Å². The Morgan fingerprint density at radius 2 is 2.50 bits per heavy atom. The summed E-state index contributed by atoms with van der Waals surface area (Å²) in [7, 11) is 1.66. The van der Waals surface area contributed by atoms with Gasteiger partial charge in [0.25, 0.3) is 0 Å². The molecule has 2 unspecified atom stereocenters. The summed E-state index contributed by atoms with van der Waals surface area (Å²) in [4.78, 5) is 0. The number of methoxy groups -OCH3 is 1. The molecule has 0 aromatic heterocycles. The third-order valence-electron chi connectivity index (χ3n) is 1.78. The van der Waals surface area contributed by atoms with E-state index in [-0.39, 0.29) is 5.41 Å². The van der Waals surface area contributed by atoms with Crippen LogP contribution in [0.3, 0.4) is 0 Å². The van der Waals surface area contributed by atoms with Crippen LogP contribution in [0.4, 0.5) is 0 Å². The molecule has 10 heavy (non-hydrogen) atoms. The number of hydrogen-bond donors (Lipinski definition) is 1. The first-order valence-electron chi connectivity index (χ1n) is 3.45. The summed E-state index contributed by atoms with van der Waals surface area (Å²) in [6, 6.07) is 0. The van der Waals surface area contributed by atoms with Gasteiger partial charge in [-0.2, -0.15) is 0 Å². The maximum atomic E-state index is 9.01. The van der Waals surface area contributed by atoms with Crippen molar-refractivity contribution >= 4 is 0 Å². The Kier molecular flexibility index (Phi) is 2.28. The Morgan fingerprint density at radius 3 is 2.90 bits per heavy atom. The molecule has 1 saturated heterocycles. The molecule has 1 heterocycles. The third-order valence-corrected chi connectivity index (χ3v) is 1.78. The van der Waals surface area contributed by atoms with Gasteiger partial charge >= 0.3 is 0 Å². The average molecular weight is 146 g/mol. The van der Waals surface area contributed by atoms with Crippen LogP contribution in [-0.4, -0.2) is 31.7 Å². The van der Waals surface area contributed by atoms with Crippen LogP contribution >= 0.6 is 0 Å². The maximum absolute atomic E-state index is 9.01. The first-order valence-corrected chi connectivity index (χ1v) is 3.45. The predicted molar refractivity (Wildman–Crippen MR) is 36.6 cm³/mol. The van der Waals surface area contributed by atoms with Crippen molar-refractivity contribution < 1.29 is 14.6 Å². The van der Waals surface area contributed by atoms with E-state index in [1.807, 2.05) is 6.92 Å². The van der Waals surface area contributed by atoms with Crippen molar-refractivity contribution in [1.82, 2.24) is 0 Å². The second-order valence-electron chi connectivity index (χ2n) is 3.21. The van der Waals surface area contributed by atoms with E-state index in [1.165, 1.54) is 0 Å².